The van der Waals surface area contributed by atoms with Gasteiger partial charge in [0.15, 0.2) is 5.78 Å². The normalized spacial score (nSPS) is 17.9. The Morgan fingerprint density at radius 1 is 1.09 bits per heavy atom. The Morgan fingerprint density at radius 2 is 1.82 bits per heavy atom. The molecule has 2 aromatic carbocycles. The monoisotopic (exact) mass is 537 g/mol. The summed E-state index contributed by atoms with van der Waals surface area (Å²) in [6.45, 7) is 3.83. The Hall–Kier alpha value is -2.63. The third kappa shape index (κ3) is 5.37. The van der Waals surface area contributed by atoms with Gasteiger partial charge in [-0.25, -0.2) is 0 Å². The van der Waals surface area contributed by atoms with E-state index in [-0.39, 0.29) is 30.2 Å². The summed E-state index contributed by atoms with van der Waals surface area (Å²) in [5.74, 6) is -1.55. The van der Waals surface area contributed by atoms with Crippen LogP contribution in [0, 0.1) is 19.8 Å². The van der Waals surface area contributed by atoms with Crippen LogP contribution in [-0.4, -0.2) is 22.3 Å². The fourth-order valence-electron chi connectivity index (χ4n) is 4.81. The Kier molecular flexibility index (Phi) is 7.44. The van der Waals surface area contributed by atoms with E-state index in [1.165, 1.54) is 0 Å². The highest BCUT2D eigenvalue weighted by molar-refractivity contribution is 9.10. The second-order valence-electron chi connectivity index (χ2n) is 8.96. The standard InChI is InChI=1S/C28H25BrClNO3/c1-16-10-19(24-9-7-22(30)15-31-24)11-17(2)26(16)27-25(33)14-20(28(27)34)13-23(32)8-6-18-4-3-5-21(29)12-18/h3-5,7,9-12,15,20,27H,6,8,13-14H2,1-2H3. The molecule has 1 aliphatic rings. The number of aromatic nitrogens is 1. The van der Waals surface area contributed by atoms with E-state index in [9.17, 15) is 14.4 Å². The van der Waals surface area contributed by atoms with Gasteiger partial charge in [-0.05, 0) is 78.9 Å². The number of ketones is 3. The molecule has 1 fully saturated rings. The van der Waals surface area contributed by atoms with Crippen molar-refractivity contribution in [3.8, 4) is 11.3 Å². The average Bonchev–Trinajstić information content (AvgIpc) is 3.05. The van der Waals surface area contributed by atoms with Crippen molar-refractivity contribution in [3.63, 3.8) is 0 Å². The number of rotatable bonds is 7. The third-order valence-electron chi connectivity index (χ3n) is 6.42. The number of pyridine rings is 1. The van der Waals surface area contributed by atoms with Crippen LogP contribution >= 0.6 is 27.5 Å². The third-order valence-corrected chi connectivity index (χ3v) is 7.13. The zero-order chi connectivity index (χ0) is 24.4. The number of aryl methyl sites for hydroxylation is 3. The predicted octanol–water partition coefficient (Wildman–Crippen LogP) is 6.62. The molecule has 1 saturated carbocycles. The fraction of sp³-hybridized carbons (Fsp3) is 0.286. The van der Waals surface area contributed by atoms with Crippen molar-refractivity contribution in [1.29, 1.82) is 0 Å². The number of carbonyl (C=O) groups excluding carboxylic acids is 3. The molecule has 1 aromatic heterocycles. The molecule has 0 saturated heterocycles. The highest BCUT2D eigenvalue weighted by atomic mass is 79.9. The Balaban J connectivity index is 1.48. The number of carbonyl (C=O) groups is 3. The summed E-state index contributed by atoms with van der Waals surface area (Å²) in [6, 6.07) is 15.4. The Morgan fingerprint density at radius 3 is 2.47 bits per heavy atom. The number of halogens is 2. The van der Waals surface area contributed by atoms with Crippen molar-refractivity contribution in [2.24, 2.45) is 5.92 Å². The second-order valence-corrected chi connectivity index (χ2v) is 10.3. The quantitative estimate of drug-likeness (QED) is 0.317. The van der Waals surface area contributed by atoms with E-state index in [1.54, 1.807) is 12.3 Å². The maximum absolute atomic E-state index is 13.3. The minimum Gasteiger partial charge on any atom is -0.300 e. The molecule has 1 aliphatic carbocycles. The van der Waals surface area contributed by atoms with Gasteiger partial charge in [0.1, 0.15) is 17.5 Å². The van der Waals surface area contributed by atoms with E-state index in [0.29, 0.717) is 17.9 Å². The van der Waals surface area contributed by atoms with E-state index in [1.807, 2.05) is 56.3 Å². The molecule has 6 heteroatoms. The first-order valence-corrected chi connectivity index (χ1v) is 12.5. The lowest BCUT2D eigenvalue weighted by Crippen LogP contribution is -2.19. The SMILES string of the molecule is Cc1cc(-c2ccc(Cl)cn2)cc(C)c1C1C(=O)CC(CC(=O)CCc2cccc(Br)c2)C1=O. The highest BCUT2D eigenvalue weighted by Gasteiger charge is 2.43. The van der Waals surface area contributed by atoms with Gasteiger partial charge >= 0.3 is 0 Å². The van der Waals surface area contributed by atoms with Crippen molar-refractivity contribution in [3.05, 3.63) is 86.5 Å². The van der Waals surface area contributed by atoms with Crippen LogP contribution in [0.1, 0.15) is 47.4 Å². The molecule has 2 unspecified atom stereocenters. The molecule has 0 amide bonds. The smallest absolute Gasteiger partial charge is 0.151 e. The summed E-state index contributed by atoms with van der Waals surface area (Å²) < 4.78 is 0.973. The number of benzene rings is 2. The van der Waals surface area contributed by atoms with Crippen LogP contribution < -0.4 is 0 Å². The first-order valence-electron chi connectivity index (χ1n) is 11.3. The number of hydrogen-bond acceptors (Lipinski definition) is 4. The van der Waals surface area contributed by atoms with Gasteiger partial charge in [0.05, 0.1) is 10.7 Å². The summed E-state index contributed by atoms with van der Waals surface area (Å²) in [5, 5.41) is 0.563. The van der Waals surface area contributed by atoms with Crippen LogP contribution in [0.15, 0.2) is 59.2 Å². The lowest BCUT2D eigenvalue weighted by atomic mass is 9.85. The zero-order valence-electron chi connectivity index (χ0n) is 19.1. The van der Waals surface area contributed by atoms with Crippen molar-refractivity contribution >= 4 is 44.9 Å². The van der Waals surface area contributed by atoms with Crippen LogP contribution in [0.2, 0.25) is 5.02 Å². The second kappa shape index (κ2) is 10.3. The average molecular weight is 539 g/mol. The van der Waals surface area contributed by atoms with Gasteiger partial charge in [0.2, 0.25) is 0 Å². The maximum Gasteiger partial charge on any atom is 0.151 e. The van der Waals surface area contributed by atoms with Crippen LogP contribution in [0.3, 0.4) is 0 Å². The largest absolute Gasteiger partial charge is 0.300 e. The molecule has 0 N–H and O–H groups in total. The number of nitrogens with zero attached hydrogens (tertiary/aromatic N) is 1. The molecule has 4 rings (SSSR count). The van der Waals surface area contributed by atoms with Gasteiger partial charge in [-0.2, -0.15) is 0 Å². The fourth-order valence-corrected chi connectivity index (χ4v) is 5.37. The van der Waals surface area contributed by atoms with Gasteiger partial charge in [0.25, 0.3) is 0 Å². The Bertz CT molecular complexity index is 1250. The van der Waals surface area contributed by atoms with Crippen LogP contribution in [0.4, 0.5) is 0 Å². The van der Waals surface area contributed by atoms with Crippen LogP contribution in [0.5, 0.6) is 0 Å². The molecule has 174 valence electrons. The Labute approximate surface area is 212 Å². The maximum atomic E-state index is 13.3. The van der Waals surface area contributed by atoms with Gasteiger partial charge in [0, 0.05) is 41.4 Å². The molecule has 0 aliphatic heterocycles. The minimum absolute atomic E-state index is 0.0179. The predicted molar refractivity (Wildman–Crippen MR) is 137 cm³/mol. The van der Waals surface area contributed by atoms with Crippen molar-refractivity contribution in [2.75, 3.05) is 0 Å². The van der Waals surface area contributed by atoms with Crippen LogP contribution in [-0.2, 0) is 20.8 Å². The molecule has 0 spiro atoms. The van der Waals surface area contributed by atoms with Crippen molar-refractivity contribution < 1.29 is 14.4 Å². The lowest BCUT2D eigenvalue weighted by molar-refractivity contribution is -0.127. The highest BCUT2D eigenvalue weighted by Crippen LogP contribution is 2.38. The summed E-state index contributed by atoms with van der Waals surface area (Å²) in [6.07, 6.45) is 2.83. The van der Waals surface area contributed by atoms with E-state index in [2.05, 4.69) is 20.9 Å². The zero-order valence-corrected chi connectivity index (χ0v) is 21.4. The summed E-state index contributed by atoms with van der Waals surface area (Å²) in [4.78, 5) is 43.2. The van der Waals surface area contributed by atoms with Crippen molar-refractivity contribution in [2.45, 2.75) is 45.4 Å². The lowest BCUT2D eigenvalue weighted by Gasteiger charge is -2.17. The first-order chi connectivity index (χ1) is 16.2. The van der Waals surface area contributed by atoms with Gasteiger partial charge in [-0.1, -0.05) is 39.7 Å². The number of Topliss-reactive ketones (excluding diaryl/α,β-unsaturated/α-hetero) is 3. The van der Waals surface area contributed by atoms with Crippen LogP contribution in [0.25, 0.3) is 11.3 Å². The summed E-state index contributed by atoms with van der Waals surface area (Å²) in [5.41, 5.74) is 5.26. The van der Waals surface area contributed by atoms with Gasteiger partial charge in [-0.15, -0.1) is 0 Å². The molecule has 34 heavy (non-hydrogen) atoms. The summed E-state index contributed by atoms with van der Waals surface area (Å²) >= 11 is 9.39. The molecular weight excluding hydrogens is 514 g/mol. The van der Waals surface area contributed by atoms with E-state index >= 15 is 0 Å². The van der Waals surface area contributed by atoms with E-state index in [0.717, 1.165) is 38.0 Å². The van der Waals surface area contributed by atoms with E-state index in [4.69, 9.17) is 11.6 Å². The van der Waals surface area contributed by atoms with Gasteiger partial charge in [-0.3, -0.25) is 19.4 Å². The summed E-state index contributed by atoms with van der Waals surface area (Å²) in [7, 11) is 0. The molecule has 1 heterocycles. The molecule has 3 aromatic rings. The van der Waals surface area contributed by atoms with Crippen molar-refractivity contribution in [1.82, 2.24) is 4.98 Å². The topological polar surface area (TPSA) is 64.1 Å². The minimum atomic E-state index is -0.796. The van der Waals surface area contributed by atoms with Gasteiger partial charge < -0.3 is 0 Å². The molecular formula is C28H25BrClNO3. The number of hydrogen-bond donors (Lipinski definition) is 0. The first kappa shape index (κ1) is 24.5. The molecule has 2 atom stereocenters. The molecule has 4 nitrogen and oxygen atoms in total. The van der Waals surface area contributed by atoms with E-state index < -0.39 is 11.8 Å². The molecule has 0 bridgehead atoms. The molecule has 0 radical (unpaired) electrons.